The molecule has 0 saturated heterocycles. The molecule has 0 aromatic rings. The molecule has 1 N–H and O–H groups in total. The van der Waals surface area contributed by atoms with Crippen LogP contribution >= 0.6 is 7.75 Å². The fourth-order valence-corrected chi connectivity index (χ4v) is 20.4. The summed E-state index contributed by atoms with van der Waals surface area (Å²) in [5, 5.41) is 3.47. The van der Waals surface area contributed by atoms with Crippen LogP contribution in [0.15, 0.2) is 23.3 Å². The fraction of sp³-hybridized carbons (Fsp3) is 0.932. The minimum atomic E-state index is -3.54. The molecule has 0 radical (unpaired) electrons. The fourth-order valence-electron chi connectivity index (χ4n) is 18.6. The highest BCUT2D eigenvalue weighted by Gasteiger charge is 2.61. The monoisotopic (exact) mass is 919 g/mol. The summed E-state index contributed by atoms with van der Waals surface area (Å²) in [5.41, 5.74) is 4.74. The van der Waals surface area contributed by atoms with Crippen LogP contribution in [-0.4, -0.2) is 44.3 Å². The van der Waals surface area contributed by atoms with Crippen LogP contribution in [0.4, 0.5) is 0 Å². The lowest BCUT2D eigenvalue weighted by Crippen LogP contribution is -2.51. The first-order valence-electron chi connectivity index (χ1n) is 28.6. The van der Waals surface area contributed by atoms with Crippen molar-refractivity contribution in [2.45, 2.75) is 229 Å². The lowest BCUT2D eigenvalue weighted by Gasteiger charge is -2.59. The van der Waals surface area contributed by atoms with Gasteiger partial charge in [-0.3, -0.25) is 9.05 Å². The van der Waals surface area contributed by atoms with Gasteiger partial charge in [0.25, 0.3) is 0 Å². The van der Waals surface area contributed by atoms with Gasteiger partial charge < -0.3 is 4.90 Å². The van der Waals surface area contributed by atoms with Crippen molar-refractivity contribution in [1.82, 2.24) is 9.99 Å². The van der Waals surface area contributed by atoms with Gasteiger partial charge in [-0.1, -0.05) is 131 Å². The average molecular weight is 919 g/mol. The van der Waals surface area contributed by atoms with Crippen LogP contribution in [0.3, 0.4) is 0 Å². The minimum Gasteiger partial charge on any atom is -0.309 e. The van der Waals surface area contributed by atoms with Crippen molar-refractivity contribution in [3.63, 3.8) is 0 Å². The van der Waals surface area contributed by atoms with E-state index in [-0.39, 0.29) is 23.0 Å². The van der Waals surface area contributed by atoms with E-state index in [2.05, 4.69) is 105 Å². The Morgan fingerprint density at radius 3 is 1.46 bits per heavy atom. The van der Waals surface area contributed by atoms with Crippen molar-refractivity contribution in [3.8, 4) is 0 Å². The van der Waals surface area contributed by atoms with Crippen LogP contribution in [-0.2, 0) is 13.6 Å². The van der Waals surface area contributed by atoms with E-state index in [0.29, 0.717) is 17.4 Å². The highest BCUT2D eigenvalue weighted by molar-refractivity contribution is 7.51. The Morgan fingerprint density at radius 2 is 1.05 bits per heavy atom. The topological polar surface area (TPSA) is 50.8 Å². The molecule has 6 fully saturated rings. The number of fused-ring (bicyclic) bond motifs is 10. The predicted molar refractivity (Wildman–Crippen MR) is 275 cm³/mol. The number of allylic oxidation sites excluding steroid dienone is 2. The van der Waals surface area contributed by atoms with Gasteiger partial charge in [-0.25, -0.2) is 9.65 Å². The maximum atomic E-state index is 15.2. The van der Waals surface area contributed by atoms with E-state index in [9.17, 15) is 0 Å². The molecule has 0 spiro atoms. The summed E-state index contributed by atoms with van der Waals surface area (Å²) in [6.45, 7) is 27.0. The van der Waals surface area contributed by atoms with Crippen molar-refractivity contribution < 1.29 is 13.6 Å². The third kappa shape index (κ3) is 10.2. The number of hydrogen-bond donors (Lipinski definition) is 1. The van der Waals surface area contributed by atoms with Crippen LogP contribution in [0.5, 0.6) is 0 Å². The third-order valence-corrected chi connectivity index (χ3v) is 23.9. The molecular formula is C59H103N2O3P. The Kier molecular flexibility index (Phi) is 15.9. The summed E-state index contributed by atoms with van der Waals surface area (Å²) >= 11 is 0. The normalized spacial score (nSPS) is 43.1. The van der Waals surface area contributed by atoms with Gasteiger partial charge in [0.1, 0.15) is 0 Å². The molecule has 6 saturated carbocycles. The first-order chi connectivity index (χ1) is 30.8. The second kappa shape index (κ2) is 20.3. The van der Waals surface area contributed by atoms with Gasteiger partial charge >= 0.3 is 7.75 Å². The Bertz CT molecular complexity index is 1610. The molecule has 65 heavy (non-hydrogen) atoms. The van der Waals surface area contributed by atoms with Crippen molar-refractivity contribution in [3.05, 3.63) is 23.3 Å². The summed E-state index contributed by atoms with van der Waals surface area (Å²) in [7, 11) is 0.699. The van der Waals surface area contributed by atoms with Crippen molar-refractivity contribution in [2.75, 3.05) is 27.2 Å². The van der Waals surface area contributed by atoms with E-state index in [4.69, 9.17) is 9.05 Å². The Labute approximate surface area is 402 Å². The van der Waals surface area contributed by atoms with Gasteiger partial charge in [-0.15, -0.1) is 0 Å². The van der Waals surface area contributed by atoms with E-state index >= 15 is 4.57 Å². The van der Waals surface area contributed by atoms with Crippen LogP contribution in [0, 0.1) is 92.7 Å². The molecule has 16 atom stereocenters. The molecule has 5 nitrogen and oxygen atoms in total. The molecular weight excluding hydrogens is 816 g/mol. The minimum absolute atomic E-state index is 0.0531. The van der Waals surface area contributed by atoms with Gasteiger partial charge in [-0.05, 0) is 222 Å². The quantitative estimate of drug-likeness (QED) is 0.0795. The van der Waals surface area contributed by atoms with E-state index in [1.54, 1.807) is 11.1 Å². The molecule has 8 aliphatic carbocycles. The molecule has 0 aromatic heterocycles. The summed E-state index contributed by atoms with van der Waals surface area (Å²) in [4.78, 5) is 2.21. The average Bonchev–Trinajstić information content (AvgIpc) is 3.79. The number of hydrogen-bond acceptors (Lipinski definition) is 4. The maximum Gasteiger partial charge on any atom is 0.406 e. The number of nitrogens with zero attached hydrogens (tertiary/aromatic N) is 1. The van der Waals surface area contributed by atoms with E-state index in [1.165, 1.54) is 103 Å². The van der Waals surface area contributed by atoms with Crippen LogP contribution in [0.25, 0.3) is 0 Å². The summed E-state index contributed by atoms with van der Waals surface area (Å²) in [5.74, 6) is 10.1. The first-order valence-corrected chi connectivity index (χ1v) is 30.1. The van der Waals surface area contributed by atoms with Crippen LogP contribution in [0.1, 0.15) is 217 Å². The lowest BCUT2D eigenvalue weighted by molar-refractivity contribution is -0.0598. The molecule has 8 rings (SSSR count). The third-order valence-electron chi connectivity index (χ3n) is 22.2. The molecule has 6 heteroatoms. The SMILES string of the molecule is CC(C)CCC[C@@H](C)[C@H]1CC[C@H]2[C@@H]3CC=C4C[C@@H](OP(=O)(NCCCN(C)C)O[C@H]5CC[C@@]6(C)C(=CC[C@H]7[C@@H]8CC[C@H]([C@H](C)CCCC(C)C)[C@@]8(C)CC[C@@H]76)C5)CC[C@]4(C)[C@H]3CC[C@]12C. The molecule has 0 aromatic carbocycles. The zero-order valence-corrected chi connectivity index (χ0v) is 45.4. The number of rotatable bonds is 19. The molecule has 0 amide bonds. The molecule has 0 heterocycles. The second-order valence-electron chi connectivity index (χ2n) is 27.1. The standard InChI is InChI=1S/C59H103N2O3P/c1-40(2)16-13-18-42(5)50-24-26-52-48-22-20-44-38-46(28-32-56(44,7)54(48)30-34-58(50,52)9)63-65(62,60-36-15-37-61(11)12)64-47-29-33-57(8)45(39-47)21-23-49-53-27-25-51(43(6)19-14-17-41(3)4)59(53,10)35-31-55(49)57/h20-21,40-43,46-55H,13-19,22-39H2,1-12H3,(H,60,62)/t42-,43-,46+,47+,48+,49+,50-,51-,52+,53+,54+,55+,56+,57+,58-,59-/m1/s1. The van der Waals surface area contributed by atoms with Gasteiger partial charge in [0.15, 0.2) is 0 Å². The maximum absolute atomic E-state index is 15.2. The zero-order chi connectivity index (χ0) is 46.5. The predicted octanol–water partition coefficient (Wildman–Crippen LogP) is 16.5. The van der Waals surface area contributed by atoms with Crippen molar-refractivity contribution >= 4 is 7.75 Å². The Balaban J connectivity index is 0.910. The van der Waals surface area contributed by atoms with Crippen LogP contribution < -0.4 is 5.09 Å². The van der Waals surface area contributed by atoms with Crippen molar-refractivity contribution in [1.29, 1.82) is 0 Å². The Morgan fingerprint density at radius 1 is 0.600 bits per heavy atom. The lowest BCUT2D eigenvalue weighted by atomic mass is 9.47. The summed E-state index contributed by atoms with van der Waals surface area (Å²) in [6, 6.07) is 0. The molecule has 0 bridgehead atoms. The largest absolute Gasteiger partial charge is 0.406 e. The van der Waals surface area contributed by atoms with E-state index in [0.717, 1.165) is 123 Å². The van der Waals surface area contributed by atoms with Gasteiger partial charge in [0.2, 0.25) is 0 Å². The van der Waals surface area contributed by atoms with Gasteiger partial charge in [0, 0.05) is 6.54 Å². The molecule has 0 unspecified atom stereocenters. The first kappa shape index (κ1) is 50.9. The number of nitrogens with one attached hydrogen (secondary N) is 1. The van der Waals surface area contributed by atoms with E-state index in [1.807, 2.05) is 0 Å². The molecule has 372 valence electrons. The van der Waals surface area contributed by atoms with Gasteiger partial charge in [-0.2, -0.15) is 0 Å². The smallest absolute Gasteiger partial charge is 0.309 e. The second-order valence-corrected chi connectivity index (χ2v) is 28.8. The zero-order valence-electron chi connectivity index (χ0n) is 44.5. The highest BCUT2D eigenvalue weighted by atomic mass is 31.2. The highest BCUT2D eigenvalue weighted by Crippen LogP contribution is 2.70. The van der Waals surface area contributed by atoms with Crippen molar-refractivity contribution in [2.24, 2.45) is 92.7 Å². The molecule has 0 aliphatic heterocycles. The van der Waals surface area contributed by atoms with E-state index < -0.39 is 7.75 Å². The Hall–Kier alpha value is -0.450. The summed E-state index contributed by atoms with van der Waals surface area (Å²) in [6.07, 6.45) is 34.5. The summed E-state index contributed by atoms with van der Waals surface area (Å²) < 4.78 is 29.0. The van der Waals surface area contributed by atoms with Crippen LogP contribution in [0.2, 0.25) is 0 Å². The van der Waals surface area contributed by atoms with Gasteiger partial charge in [0.05, 0.1) is 12.2 Å². The molecule has 8 aliphatic rings.